The zero-order valence-electron chi connectivity index (χ0n) is 5.31. The molecule has 1 fully saturated rings. The second-order valence-corrected chi connectivity index (χ2v) is 2.70. The zero-order valence-corrected chi connectivity index (χ0v) is 6.07. The first-order chi connectivity index (χ1) is 4.24. The van der Waals surface area contributed by atoms with Gasteiger partial charge in [-0.15, -0.1) is 0 Å². The third-order valence-corrected chi connectivity index (χ3v) is 1.93. The van der Waals surface area contributed by atoms with E-state index in [9.17, 15) is 4.39 Å². The van der Waals surface area contributed by atoms with Gasteiger partial charge in [0.2, 0.25) is 0 Å². The minimum Gasteiger partial charge on any atom is -0.356 e. The maximum Gasteiger partial charge on any atom is 0.162 e. The van der Waals surface area contributed by atoms with E-state index in [1.165, 1.54) is 0 Å². The van der Waals surface area contributed by atoms with Crippen LogP contribution < -0.4 is 0 Å². The Morgan fingerprint density at radius 3 is 2.67 bits per heavy atom. The van der Waals surface area contributed by atoms with E-state index >= 15 is 0 Å². The Balaban J connectivity index is 2.35. The fraction of sp³-hybridized carbons (Fsp3) is 1.00. The van der Waals surface area contributed by atoms with E-state index in [0.29, 0.717) is 6.42 Å². The number of hydrogen-bond acceptors (Lipinski definition) is 1. The van der Waals surface area contributed by atoms with Gasteiger partial charge >= 0.3 is 0 Å². The van der Waals surface area contributed by atoms with Crippen molar-refractivity contribution < 1.29 is 9.13 Å². The highest BCUT2D eigenvalue weighted by Crippen LogP contribution is 2.27. The Labute approximate surface area is 59.1 Å². The van der Waals surface area contributed by atoms with Crippen molar-refractivity contribution in [1.29, 1.82) is 0 Å². The third kappa shape index (κ3) is 1.55. The third-order valence-electron chi connectivity index (χ3n) is 1.55. The molecule has 1 aliphatic heterocycles. The van der Waals surface area contributed by atoms with E-state index in [4.69, 9.17) is 16.3 Å². The van der Waals surface area contributed by atoms with Gasteiger partial charge in [0.15, 0.2) is 5.56 Å². The smallest absolute Gasteiger partial charge is 0.162 e. The topological polar surface area (TPSA) is 9.23 Å². The van der Waals surface area contributed by atoms with Gasteiger partial charge in [0.05, 0.1) is 6.10 Å². The lowest BCUT2D eigenvalue weighted by molar-refractivity contribution is 0.0753. The molecule has 0 aromatic rings. The first-order valence-electron chi connectivity index (χ1n) is 3.17. The molecule has 0 aromatic heterocycles. The summed E-state index contributed by atoms with van der Waals surface area (Å²) in [5.74, 6) is 0. The van der Waals surface area contributed by atoms with Crippen molar-refractivity contribution in [2.24, 2.45) is 0 Å². The minimum absolute atomic E-state index is 0.0440. The normalized spacial score (nSPS) is 43.7. The molecular formula is C6H10ClFO. The van der Waals surface area contributed by atoms with E-state index in [-0.39, 0.29) is 6.10 Å². The molecule has 1 rings (SSSR count). The van der Waals surface area contributed by atoms with Crippen molar-refractivity contribution in [3.63, 3.8) is 0 Å². The van der Waals surface area contributed by atoms with Gasteiger partial charge in [-0.2, -0.15) is 0 Å². The summed E-state index contributed by atoms with van der Waals surface area (Å²) < 4.78 is 17.5. The SMILES string of the molecule is CC[C@@H]1CC(F)[C@@H](Cl)O1. The highest BCUT2D eigenvalue weighted by molar-refractivity contribution is 6.20. The summed E-state index contributed by atoms with van der Waals surface area (Å²) >= 11 is 5.44. The Bertz CT molecular complexity index is 89.1. The van der Waals surface area contributed by atoms with Crippen LogP contribution in [0.5, 0.6) is 0 Å². The molecule has 0 aromatic carbocycles. The highest BCUT2D eigenvalue weighted by atomic mass is 35.5. The van der Waals surface area contributed by atoms with E-state index in [2.05, 4.69) is 0 Å². The van der Waals surface area contributed by atoms with Crippen molar-refractivity contribution in [2.75, 3.05) is 0 Å². The number of ether oxygens (including phenoxy) is 1. The molecule has 1 saturated heterocycles. The van der Waals surface area contributed by atoms with E-state index in [1.54, 1.807) is 0 Å². The van der Waals surface area contributed by atoms with Crippen molar-refractivity contribution >= 4 is 11.6 Å². The van der Waals surface area contributed by atoms with E-state index in [0.717, 1.165) is 6.42 Å². The van der Waals surface area contributed by atoms with Gasteiger partial charge in [-0.3, -0.25) is 0 Å². The zero-order chi connectivity index (χ0) is 6.85. The van der Waals surface area contributed by atoms with Crippen LogP contribution in [0, 0.1) is 0 Å². The molecule has 0 radical (unpaired) electrons. The van der Waals surface area contributed by atoms with Gasteiger partial charge in [-0.25, -0.2) is 4.39 Å². The summed E-state index contributed by atoms with van der Waals surface area (Å²) in [5, 5.41) is 0. The molecule has 54 valence electrons. The van der Waals surface area contributed by atoms with Crippen LogP contribution >= 0.6 is 11.6 Å². The van der Waals surface area contributed by atoms with Crippen molar-refractivity contribution in [3.05, 3.63) is 0 Å². The molecule has 0 N–H and O–H groups in total. The molecule has 1 aliphatic rings. The van der Waals surface area contributed by atoms with Gasteiger partial charge in [0.25, 0.3) is 0 Å². The minimum atomic E-state index is -0.961. The Morgan fingerprint density at radius 2 is 2.44 bits per heavy atom. The van der Waals surface area contributed by atoms with Gasteiger partial charge in [0.1, 0.15) is 6.17 Å². The van der Waals surface area contributed by atoms with Crippen LogP contribution in [-0.2, 0) is 4.74 Å². The number of alkyl halides is 2. The van der Waals surface area contributed by atoms with E-state index in [1.807, 2.05) is 6.92 Å². The molecule has 0 amide bonds. The summed E-state index contributed by atoms with van der Waals surface area (Å²) in [6, 6.07) is 0. The van der Waals surface area contributed by atoms with Crippen LogP contribution in [0.4, 0.5) is 4.39 Å². The van der Waals surface area contributed by atoms with Crippen LogP contribution in [0.25, 0.3) is 0 Å². The fourth-order valence-electron chi connectivity index (χ4n) is 0.946. The van der Waals surface area contributed by atoms with Crippen molar-refractivity contribution in [2.45, 2.75) is 37.6 Å². The molecule has 9 heavy (non-hydrogen) atoms. The molecular weight excluding hydrogens is 143 g/mol. The van der Waals surface area contributed by atoms with Crippen LogP contribution in [0.3, 0.4) is 0 Å². The van der Waals surface area contributed by atoms with Crippen LogP contribution in [0.2, 0.25) is 0 Å². The van der Waals surface area contributed by atoms with Gasteiger partial charge < -0.3 is 4.74 Å². The highest BCUT2D eigenvalue weighted by Gasteiger charge is 2.32. The van der Waals surface area contributed by atoms with Crippen molar-refractivity contribution in [1.82, 2.24) is 0 Å². The average Bonchev–Trinajstić information content (AvgIpc) is 2.13. The molecule has 0 bridgehead atoms. The Hall–Kier alpha value is 0.180. The second-order valence-electron chi connectivity index (χ2n) is 2.27. The Kier molecular flexibility index (Phi) is 2.30. The molecule has 0 saturated carbocycles. The van der Waals surface area contributed by atoms with Crippen LogP contribution in [-0.4, -0.2) is 17.8 Å². The Morgan fingerprint density at radius 1 is 1.78 bits per heavy atom. The number of rotatable bonds is 1. The fourth-order valence-corrected chi connectivity index (χ4v) is 1.19. The van der Waals surface area contributed by atoms with Gasteiger partial charge in [0, 0.05) is 6.42 Å². The largest absolute Gasteiger partial charge is 0.356 e. The van der Waals surface area contributed by atoms with Gasteiger partial charge in [-0.05, 0) is 6.42 Å². The average molecular weight is 153 g/mol. The summed E-state index contributed by atoms with van der Waals surface area (Å²) in [5.41, 5.74) is -0.699. The molecule has 1 heterocycles. The van der Waals surface area contributed by atoms with Gasteiger partial charge in [-0.1, -0.05) is 18.5 Å². The monoisotopic (exact) mass is 152 g/mol. The second kappa shape index (κ2) is 2.84. The molecule has 3 atom stereocenters. The van der Waals surface area contributed by atoms with Crippen molar-refractivity contribution in [3.8, 4) is 0 Å². The summed E-state index contributed by atoms with van der Waals surface area (Å²) in [6.45, 7) is 1.96. The lowest BCUT2D eigenvalue weighted by atomic mass is 10.2. The number of hydrogen-bond donors (Lipinski definition) is 0. The molecule has 1 unspecified atom stereocenters. The predicted octanol–water partition coefficient (Wildman–Crippen LogP) is 2.09. The molecule has 1 nitrogen and oxygen atoms in total. The summed E-state index contributed by atoms with van der Waals surface area (Å²) in [7, 11) is 0. The van der Waals surface area contributed by atoms with E-state index < -0.39 is 11.7 Å². The maximum absolute atomic E-state index is 12.5. The predicted molar refractivity (Wildman–Crippen MR) is 34.3 cm³/mol. The van der Waals surface area contributed by atoms with Crippen LogP contribution in [0.1, 0.15) is 19.8 Å². The molecule has 0 spiro atoms. The summed E-state index contributed by atoms with van der Waals surface area (Å²) in [4.78, 5) is 0. The standard InChI is InChI=1S/C6H10ClFO/c1-2-4-3-5(8)6(7)9-4/h4-6H,2-3H2,1H3/t4-,5?,6+/m1/s1. The quantitative estimate of drug-likeness (QED) is 0.523. The summed E-state index contributed by atoms with van der Waals surface area (Å²) in [6.07, 6.45) is 0.396. The number of halogens is 2. The first kappa shape index (κ1) is 7.29. The van der Waals surface area contributed by atoms with Crippen LogP contribution in [0.15, 0.2) is 0 Å². The lowest BCUT2D eigenvalue weighted by Crippen LogP contribution is -2.07. The lowest BCUT2D eigenvalue weighted by Gasteiger charge is -2.03. The molecule has 0 aliphatic carbocycles. The molecule has 3 heteroatoms. The maximum atomic E-state index is 12.5. The first-order valence-corrected chi connectivity index (χ1v) is 3.61.